The number of aromatic amines is 1. The Morgan fingerprint density at radius 2 is 1.65 bits per heavy atom. The van der Waals surface area contributed by atoms with E-state index in [-0.39, 0.29) is 0 Å². The minimum absolute atomic E-state index is 0.519. The van der Waals surface area contributed by atoms with Crippen molar-refractivity contribution in [2.45, 2.75) is 9.83 Å². The van der Waals surface area contributed by atoms with Crippen molar-refractivity contribution in [3.63, 3.8) is 0 Å². The van der Waals surface area contributed by atoms with Gasteiger partial charge in [0, 0.05) is 11.8 Å². The highest BCUT2D eigenvalue weighted by molar-refractivity contribution is 8.00. The molecular formula is C17H13NOS. The van der Waals surface area contributed by atoms with Crippen LogP contribution in [0.4, 0.5) is 0 Å². The highest BCUT2D eigenvalue weighted by Crippen LogP contribution is 2.55. The molecular weight excluding hydrogens is 266 g/mol. The normalized spacial score (nSPS) is 20.4. The van der Waals surface area contributed by atoms with Gasteiger partial charge in [-0.25, -0.2) is 0 Å². The molecule has 2 nitrogen and oxygen atoms in total. The van der Waals surface area contributed by atoms with Crippen LogP contribution in [0.25, 0.3) is 0 Å². The van der Waals surface area contributed by atoms with Gasteiger partial charge in [0.1, 0.15) is 5.75 Å². The summed E-state index contributed by atoms with van der Waals surface area (Å²) in [5.74, 6) is 0.941. The molecule has 1 aliphatic rings. The average Bonchev–Trinajstić information content (AvgIpc) is 3.16. The van der Waals surface area contributed by atoms with Crippen molar-refractivity contribution in [2.75, 3.05) is 0 Å². The number of rotatable bonds is 2. The largest absolute Gasteiger partial charge is 0.465 e. The maximum absolute atomic E-state index is 6.36. The van der Waals surface area contributed by atoms with Crippen LogP contribution in [0.15, 0.2) is 77.8 Å². The monoisotopic (exact) mass is 279 g/mol. The first-order chi connectivity index (χ1) is 9.88. The second-order valence-electron chi connectivity index (χ2n) is 4.72. The first kappa shape index (κ1) is 11.7. The minimum atomic E-state index is -0.519. The van der Waals surface area contributed by atoms with Crippen molar-refractivity contribution in [1.29, 1.82) is 0 Å². The third-order valence-corrected chi connectivity index (χ3v) is 4.85. The maximum Gasteiger partial charge on any atom is 0.225 e. The lowest BCUT2D eigenvalue weighted by Gasteiger charge is -2.27. The highest BCUT2D eigenvalue weighted by atomic mass is 32.2. The van der Waals surface area contributed by atoms with Crippen LogP contribution in [0, 0.1) is 0 Å². The second kappa shape index (κ2) is 4.46. The molecule has 0 saturated carbocycles. The molecule has 1 atom stereocenters. The predicted octanol–water partition coefficient (Wildman–Crippen LogP) is 4.40. The van der Waals surface area contributed by atoms with Crippen LogP contribution in [-0.4, -0.2) is 4.98 Å². The van der Waals surface area contributed by atoms with E-state index in [0.29, 0.717) is 0 Å². The zero-order chi connectivity index (χ0) is 13.4. The van der Waals surface area contributed by atoms with E-state index in [4.69, 9.17) is 4.74 Å². The molecule has 20 heavy (non-hydrogen) atoms. The van der Waals surface area contributed by atoms with Crippen LogP contribution in [0.5, 0.6) is 5.75 Å². The second-order valence-corrected chi connectivity index (χ2v) is 5.94. The van der Waals surface area contributed by atoms with Crippen LogP contribution in [-0.2, 0) is 4.93 Å². The van der Waals surface area contributed by atoms with Crippen molar-refractivity contribution in [3.8, 4) is 5.75 Å². The molecule has 0 amide bonds. The quantitative estimate of drug-likeness (QED) is 0.752. The number of benzene rings is 2. The number of ether oxygens (including phenoxy) is 1. The molecule has 0 radical (unpaired) electrons. The molecule has 1 aromatic heterocycles. The molecule has 0 spiro atoms. The van der Waals surface area contributed by atoms with Crippen molar-refractivity contribution in [2.24, 2.45) is 0 Å². The third-order valence-electron chi connectivity index (χ3n) is 3.46. The average molecular weight is 279 g/mol. The Bertz CT molecular complexity index is 697. The van der Waals surface area contributed by atoms with Gasteiger partial charge < -0.3 is 9.72 Å². The van der Waals surface area contributed by atoms with Crippen LogP contribution in [0.3, 0.4) is 0 Å². The number of fused-ring (bicyclic) bond motifs is 1. The maximum atomic E-state index is 6.36. The molecule has 0 fully saturated rings. The molecule has 98 valence electrons. The van der Waals surface area contributed by atoms with Crippen molar-refractivity contribution < 1.29 is 4.74 Å². The molecule has 2 aromatic carbocycles. The Hall–Kier alpha value is -2.13. The summed E-state index contributed by atoms with van der Waals surface area (Å²) in [4.78, 5) is 3.96. The number of hydrogen-bond acceptors (Lipinski definition) is 2. The van der Waals surface area contributed by atoms with E-state index in [1.54, 1.807) is 11.8 Å². The highest BCUT2D eigenvalue weighted by Gasteiger charge is 2.44. The molecule has 3 heteroatoms. The number of para-hydroxylation sites is 1. The summed E-state index contributed by atoms with van der Waals surface area (Å²) in [7, 11) is 0. The third kappa shape index (κ3) is 1.67. The van der Waals surface area contributed by atoms with Gasteiger partial charge in [-0.1, -0.05) is 54.2 Å². The standard InChI is InChI=1S/C17H13NOS/c1-2-7-13(8-3-1)17(16-11-6-12-18-16)19-14-9-4-5-10-15(14)20-17/h1-12,18H. The molecule has 2 heterocycles. The Morgan fingerprint density at radius 1 is 0.850 bits per heavy atom. The fourth-order valence-corrected chi connectivity index (χ4v) is 3.81. The Balaban J connectivity index is 1.90. The Morgan fingerprint density at radius 3 is 2.40 bits per heavy atom. The number of H-pyrrole nitrogens is 1. The fourth-order valence-electron chi connectivity index (χ4n) is 2.53. The van der Waals surface area contributed by atoms with E-state index in [2.05, 4.69) is 29.2 Å². The number of thioether (sulfide) groups is 1. The van der Waals surface area contributed by atoms with E-state index in [1.165, 1.54) is 4.90 Å². The molecule has 4 rings (SSSR count). The summed E-state index contributed by atoms with van der Waals surface area (Å²) in [5.41, 5.74) is 2.20. The number of nitrogens with one attached hydrogen (secondary N) is 1. The van der Waals surface area contributed by atoms with Crippen molar-refractivity contribution in [1.82, 2.24) is 4.98 Å². The van der Waals surface area contributed by atoms with Crippen molar-refractivity contribution >= 4 is 11.8 Å². The lowest BCUT2D eigenvalue weighted by Crippen LogP contribution is -2.27. The van der Waals surface area contributed by atoms with Gasteiger partial charge in [0.25, 0.3) is 0 Å². The summed E-state index contributed by atoms with van der Waals surface area (Å²) in [6.07, 6.45) is 1.94. The lowest BCUT2D eigenvalue weighted by atomic mass is 10.1. The summed E-state index contributed by atoms with van der Waals surface area (Å²) in [5, 5.41) is 0. The minimum Gasteiger partial charge on any atom is -0.465 e. The van der Waals surface area contributed by atoms with Gasteiger partial charge in [0.15, 0.2) is 0 Å². The van der Waals surface area contributed by atoms with E-state index in [1.807, 2.05) is 48.7 Å². The van der Waals surface area contributed by atoms with Crippen LogP contribution in [0.2, 0.25) is 0 Å². The Kier molecular flexibility index (Phi) is 2.60. The summed E-state index contributed by atoms with van der Waals surface area (Å²) < 4.78 is 6.36. The molecule has 1 aliphatic heterocycles. The van der Waals surface area contributed by atoms with Gasteiger partial charge in [-0.05, 0) is 24.3 Å². The van der Waals surface area contributed by atoms with E-state index >= 15 is 0 Å². The molecule has 3 aromatic rings. The van der Waals surface area contributed by atoms with Gasteiger partial charge in [-0.15, -0.1) is 0 Å². The van der Waals surface area contributed by atoms with Gasteiger partial charge in [0.05, 0.1) is 10.6 Å². The predicted molar refractivity (Wildman–Crippen MR) is 80.9 cm³/mol. The first-order valence-electron chi connectivity index (χ1n) is 6.55. The lowest BCUT2D eigenvalue weighted by molar-refractivity contribution is 0.213. The fraction of sp³-hybridized carbons (Fsp3) is 0.0588. The van der Waals surface area contributed by atoms with Gasteiger partial charge in [0.2, 0.25) is 4.93 Å². The van der Waals surface area contributed by atoms with Crippen molar-refractivity contribution in [3.05, 3.63) is 84.2 Å². The van der Waals surface area contributed by atoms with Crippen LogP contribution in [0.1, 0.15) is 11.3 Å². The Labute approximate surface area is 121 Å². The molecule has 1 unspecified atom stereocenters. The molecule has 0 saturated heterocycles. The molecule has 0 aliphatic carbocycles. The zero-order valence-electron chi connectivity index (χ0n) is 10.7. The van der Waals surface area contributed by atoms with E-state index < -0.39 is 4.93 Å². The number of hydrogen-bond donors (Lipinski definition) is 1. The van der Waals surface area contributed by atoms with E-state index in [0.717, 1.165) is 17.0 Å². The van der Waals surface area contributed by atoms with Gasteiger partial charge in [-0.3, -0.25) is 0 Å². The molecule has 0 bridgehead atoms. The topological polar surface area (TPSA) is 25.0 Å². The summed E-state index contributed by atoms with van der Waals surface area (Å²) in [6.45, 7) is 0. The van der Waals surface area contributed by atoms with E-state index in [9.17, 15) is 0 Å². The van der Waals surface area contributed by atoms with Crippen LogP contribution < -0.4 is 4.74 Å². The van der Waals surface area contributed by atoms with Crippen LogP contribution >= 0.6 is 11.8 Å². The SMILES string of the molecule is c1ccc(C2(c3ccc[nH]3)Oc3ccccc3S2)cc1. The zero-order valence-corrected chi connectivity index (χ0v) is 11.6. The first-order valence-corrected chi connectivity index (χ1v) is 7.37. The summed E-state index contributed by atoms with van der Waals surface area (Å²) >= 11 is 1.74. The summed E-state index contributed by atoms with van der Waals surface area (Å²) in [6, 6.07) is 22.6. The smallest absolute Gasteiger partial charge is 0.225 e. The van der Waals surface area contributed by atoms with Gasteiger partial charge >= 0.3 is 0 Å². The van der Waals surface area contributed by atoms with Gasteiger partial charge in [-0.2, -0.15) is 0 Å². The number of aromatic nitrogens is 1. The molecule has 1 N–H and O–H groups in total.